The van der Waals surface area contributed by atoms with Crippen molar-refractivity contribution in [3.05, 3.63) is 83.9 Å². The fourth-order valence-electron chi connectivity index (χ4n) is 5.06. The van der Waals surface area contributed by atoms with Crippen molar-refractivity contribution in [3.8, 4) is 22.6 Å². The van der Waals surface area contributed by atoms with E-state index in [1.54, 1.807) is 14.2 Å². The largest absolute Gasteiger partial charge is 0.496 e. The predicted molar refractivity (Wildman–Crippen MR) is 135 cm³/mol. The Morgan fingerprint density at radius 3 is 2.03 bits per heavy atom. The molecule has 1 atom stereocenters. The normalized spacial score (nSPS) is 15.3. The molecule has 35 heavy (non-hydrogen) atoms. The van der Waals surface area contributed by atoms with Crippen molar-refractivity contribution in [1.82, 2.24) is 5.32 Å². The number of ether oxygens (including phenoxy) is 2. The molecule has 1 fully saturated rings. The van der Waals surface area contributed by atoms with Gasteiger partial charge in [0.25, 0.3) is 0 Å². The van der Waals surface area contributed by atoms with E-state index in [0.717, 1.165) is 47.9 Å². The van der Waals surface area contributed by atoms with E-state index in [2.05, 4.69) is 5.32 Å². The standard InChI is InChI=1S/C29H31NO5/c1-34-24-11-8-12-25(35-2)26(24)21-15-13-20(14-16-21)19-23(27(31)32)30-28(33)29(17-6-7-18-29)22-9-4-3-5-10-22/h3-5,8-16,23H,6-7,17-19H2,1-2H3,(H,30,33)(H,31,32). The maximum absolute atomic E-state index is 13.5. The van der Waals surface area contributed by atoms with E-state index in [1.807, 2.05) is 72.8 Å². The van der Waals surface area contributed by atoms with E-state index in [0.29, 0.717) is 11.5 Å². The summed E-state index contributed by atoms with van der Waals surface area (Å²) in [6.45, 7) is 0. The lowest BCUT2D eigenvalue weighted by atomic mass is 9.77. The number of nitrogens with one attached hydrogen (secondary N) is 1. The van der Waals surface area contributed by atoms with E-state index in [1.165, 1.54) is 0 Å². The minimum Gasteiger partial charge on any atom is -0.496 e. The van der Waals surface area contributed by atoms with Crippen LogP contribution < -0.4 is 14.8 Å². The van der Waals surface area contributed by atoms with Gasteiger partial charge in [0.05, 0.1) is 25.2 Å². The summed E-state index contributed by atoms with van der Waals surface area (Å²) in [6.07, 6.45) is 3.55. The number of aliphatic carboxylic acids is 1. The summed E-state index contributed by atoms with van der Waals surface area (Å²) in [7, 11) is 3.22. The second kappa shape index (κ2) is 10.6. The Hall–Kier alpha value is -3.80. The third kappa shape index (κ3) is 5.02. The molecule has 4 rings (SSSR count). The van der Waals surface area contributed by atoms with Gasteiger partial charge in [-0.15, -0.1) is 0 Å². The number of carboxylic acids is 1. The van der Waals surface area contributed by atoms with Gasteiger partial charge in [0.2, 0.25) is 5.91 Å². The van der Waals surface area contributed by atoms with Gasteiger partial charge in [-0.1, -0.05) is 73.5 Å². The van der Waals surface area contributed by atoms with Gasteiger partial charge >= 0.3 is 5.97 Å². The maximum Gasteiger partial charge on any atom is 0.326 e. The van der Waals surface area contributed by atoms with Gasteiger partial charge in [0.1, 0.15) is 17.5 Å². The van der Waals surface area contributed by atoms with Crippen molar-refractivity contribution in [2.75, 3.05) is 14.2 Å². The summed E-state index contributed by atoms with van der Waals surface area (Å²) in [6, 6.07) is 21.9. The summed E-state index contributed by atoms with van der Waals surface area (Å²) in [4.78, 5) is 25.6. The molecule has 2 N–H and O–H groups in total. The Morgan fingerprint density at radius 2 is 1.49 bits per heavy atom. The summed E-state index contributed by atoms with van der Waals surface area (Å²) in [5.74, 6) is 0.130. The predicted octanol–water partition coefficient (Wildman–Crippen LogP) is 4.99. The third-order valence-corrected chi connectivity index (χ3v) is 6.93. The summed E-state index contributed by atoms with van der Waals surface area (Å²) in [5, 5.41) is 12.8. The van der Waals surface area contributed by atoms with E-state index >= 15 is 0 Å². The number of carbonyl (C=O) groups is 2. The van der Waals surface area contributed by atoms with Crippen molar-refractivity contribution in [2.24, 2.45) is 0 Å². The second-order valence-corrected chi connectivity index (χ2v) is 8.96. The van der Waals surface area contributed by atoms with Crippen LogP contribution in [0.25, 0.3) is 11.1 Å². The van der Waals surface area contributed by atoms with Crippen LogP contribution in [0.3, 0.4) is 0 Å². The quantitative estimate of drug-likeness (QED) is 0.457. The molecule has 6 nitrogen and oxygen atoms in total. The first-order valence-electron chi connectivity index (χ1n) is 11.9. The first-order chi connectivity index (χ1) is 17.0. The lowest BCUT2D eigenvalue weighted by Gasteiger charge is -2.30. The minimum atomic E-state index is -1.05. The molecule has 0 aromatic heterocycles. The van der Waals surface area contributed by atoms with Crippen LogP contribution in [0.2, 0.25) is 0 Å². The van der Waals surface area contributed by atoms with Gasteiger partial charge in [-0.2, -0.15) is 0 Å². The summed E-state index contributed by atoms with van der Waals surface area (Å²) in [5.41, 5.74) is 2.83. The highest BCUT2D eigenvalue weighted by Gasteiger charge is 2.43. The van der Waals surface area contributed by atoms with Crippen LogP contribution in [0.1, 0.15) is 36.8 Å². The van der Waals surface area contributed by atoms with E-state index in [9.17, 15) is 14.7 Å². The minimum absolute atomic E-state index is 0.190. The Kier molecular flexibility index (Phi) is 7.39. The van der Waals surface area contributed by atoms with Crippen LogP contribution in [0.15, 0.2) is 72.8 Å². The zero-order valence-electron chi connectivity index (χ0n) is 20.1. The van der Waals surface area contributed by atoms with Gasteiger partial charge in [-0.05, 0) is 41.7 Å². The number of carbonyl (C=O) groups excluding carboxylic acids is 1. The summed E-state index contributed by atoms with van der Waals surface area (Å²) < 4.78 is 11.0. The highest BCUT2D eigenvalue weighted by molar-refractivity contribution is 5.92. The fraction of sp³-hybridized carbons (Fsp3) is 0.310. The van der Waals surface area contributed by atoms with Crippen LogP contribution in [0, 0.1) is 0 Å². The third-order valence-electron chi connectivity index (χ3n) is 6.93. The maximum atomic E-state index is 13.5. The first kappa shape index (κ1) is 24.3. The Labute approximate surface area is 205 Å². The van der Waals surface area contributed by atoms with Crippen LogP contribution in [-0.4, -0.2) is 37.2 Å². The Morgan fingerprint density at radius 1 is 0.886 bits per heavy atom. The molecule has 1 aliphatic carbocycles. The number of rotatable bonds is 9. The SMILES string of the molecule is COc1cccc(OC)c1-c1ccc(CC(NC(=O)C2(c3ccccc3)CCCC2)C(=O)O)cc1. The Bertz CT molecular complexity index is 1150. The van der Waals surface area contributed by atoms with Crippen molar-refractivity contribution < 1.29 is 24.2 Å². The van der Waals surface area contributed by atoms with E-state index in [4.69, 9.17) is 9.47 Å². The van der Waals surface area contributed by atoms with Gasteiger partial charge in [0, 0.05) is 6.42 Å². The molecule has 0 spiro atoms. The zero-order chi connectivity index (χ0) is 24.8. The Balaban J connectivity index is 1.54. The zero-order valence-corrected chi connectivity index (χ0v) is 20.1. The number of hydrogen-bond acceptors (Lipinski definition) is 4. The molecular formula is C29H31NO5. The van der Waals surface area contributed by atoms with Crippen LogP contribution >= 0.6 is 0 Å². The van der Waals surface area contributed by atoms with Crippen LogP contribution in [-0.2, 0) is 21.4 Å². The van der Waals surface area contributed by atoms with Crippen LogP contribution in [0.4, 0.5) is 0 Å². The molecule has 0 bridgehead atoms. The smallest absolute Gasteiger partial charge is 0.326 e. The molecule has 0 aliphatic heterocycles. The van der Waals surface area contributed by atoms with Crippen molar-refractivity contribution in [2.45, 2.75) is 43.6 Å². The molecule has 0 heterocycles. The van der Waals surface area contributed by atoms with Crippen molar-refractivity contribution in [3.63, 3.8) is 0 Å². The molecule has 1 amide bonds. The molecule has 0 radical (unpaired) electrons. The lowest BCUT2D eigenvalue weighted by molar-refractivity contribution is -0.142. The summed E-state index contributed by atoms with van der Waals surface area (Å²) >= 11 is 0. The number of amides is 1. The number of methoxy groups -OCH3 is 2. The lowest BCUT2D eigenvalue weighted by Crippen LogP contribution is -2.50. The second-order valence-electron chi connectivity index (χ2n) is 8.96. The van der Waals surface area contributed by atoms with Crippen LogP contribution in [0.5, 0.6) is 11.5 Å². The molecule has 1 aliphatic rings. The molecular weight excluding hydrogens is 442 g/mol. The van der Waals surface area contributed by atoms with Gasteiger partial charge < -0.3 is 19.9 Å². The van der Waals surface area contributed by atoms with Gasteiger partial charge in [0.15, 0.2) is 0 Å². The molecule has 1 unspecified atom stereocenters. The molecule has 3 aromatic carbocycles. The molecule has 182 valence electrons. The fourth-order valence-corrected chi connectivity index (χ4v) is 5.06. The highest BCUT2D eigenvalue weighted by atomic mass is 16.5. The molecule has 3 aromatic rings. The van der Waals surface area contributed by atoms with Crippen molar-refractivity contribution in [1.29, 1.82) is 0 Å². The van der Waals surface area contributed by atoms with Gasteiger partial charge in [-0.25, -0.2) is 4.79 Å². The number of benzene rings is 3. The van der Waals surface area contributed by atoms with Gasteiger partial charge in [-0.3, -0.25) is 4.79 Å². The van der Waals surface area contributed by atoms with E-state index < -0.39 is 17.4 Å². The molecule has 0 saturated heterocycles. The molecule has 1 saturated carbocycles. The average Bonchev–Trinajstić information content (AvgIpc) is 3.40. The van der Waals surface area contributed by atoms with E-state index in [-0.39, 0.29) is 12.3 Å². The first-order valence-corrected chi connectivity index (χ1v) is 11.9. The number of hydrogen-bond donors (Lipinski definition) is 2. The van der Waals surface area contributed by atoms with Crippen molar-refractivity contribution >= 4 is 11.9 Å². The monoisotopic (exact) mass is 473 g/mol. The molecule has 6 heteroatoms. The average molecular weight is 474 g/mol. The highest BCUT2D eigenvalue weighted by Crippen LogP contribution is 2.41. The number of carboxylic acid groups (broad SMARTS) is 1. The topological polar surface area (TPSA) is 84.9 Å².